The molecule has 0 aliphatic carbocycles. The van der Waals surface area contributed by atoms with Gasteiger partial charge >= 0.3 is 0 Å². The van der Waals surface area contributed by atoms with Gasteiger partial charge in [-0.3, -0.25) is 0 Å². The molecule has 106 valence electrons. The van der Waals surface area contributed by atoms with E-state index in [1.54, 1.807) is 7.11 Å². The molecular formula is C17H20ClNO. The number of rotatable bonds is 5. The number of benzene rings is 2. The van der Waals surface area contributed by atoms with Crippen LogP contribution in [0.1, 0.15) is 29.7 Å². The Balaban J connectivity index is 2.53. The molecule has 0 radical (unpaired) electrons. The number of para-hydroxylation sites is 1. The molecule has 1 N–H and O–H groups in total. The zero-order valence-corrected chi connectivity index (χ0v) is 12.9. The van der Waals surface area contributed by atoms with Gasteiger partial charge in [0.25, 0.3) is 0 Å². The summed E-state index contributed by atoms with van der Waals surface area (Å²) in [5.74, 6) is 0.887. The predicted molar refractivity (Wildman–Crippen MR) is 84.7 cm³/mol. The average Bonchev–Trinajstić information content (AvgIpc) is 2.48. The molecule has 20 heavy (non-hydrogen) atoms. The minimum absolute atomic E-state index is 0.0786. The van der Waals surface area contributed by atoms with Crippen LogP contribution in [0.15, 0.2) is 42.5 Å². The Kier molecular flexibility index (Phi) is 5.05. The monoisotopic (exact) mass is 289 g/mol. The maximum atomic E-state index is 6.26. The first kappa shape index (κ1) is 14.9. The van der Waals surface area contributed by atoms with Crippen LogP contribution in [0.4, 0.5) is 0 Å². The summed E-state index contributed by atoms with van der Waals surface area (Å²) in [5, 5.41) is 4.31. The van der Waals surface area contributed by atoms with Crippen LogP contribution in [-0.4, -0.2) is 13.7 Å². The van der Waals surface area contributed by atoms with Crippen LogP contribution in [0.2, 0.25) is 5.02 Å². The molecule has 0 spiro atoms. The topological polar surface area (TPSA) is 21.3 Å². The van der Waals surface area contributed by atoms with E-state index in [-0.39, 0.29) is 6.04 Å². The summed E-state index contributed by atoms with van der Waals surface area (Å²) in [6.07, 6.45) is 0. The Bertz CT molecular complexity index is 583. The van der Waals surface area contributed by atoms with Gasteiger partial charge in [0.2, 0.25) is 0 Å². The molecule has 2 nitrogen and oxygen atoms in total. The second-order valence-corrected chi connectivity index (χ2v) is 5.09. The van der Waals surface area contributed by atoms with Gasteiger partial charge in [0.15, 0.2) is 0 Å². The zero-order chi connectivity index (χ0) is 14.5. The molecule has 0 aromatic heterocycles. The first-order valence-corrected chi connectivity index (χ1v) is 7.18. The molecule has 0 saturated heterocycles. The maximum absolute atomic E-state index is 6.26. The van der Waals surface area contributed by atoms with Crippen molar-refractivity contribution < 1.29 is 4.74 Å². The van der Waals surface area contributed by atoms with Crippen molar-refractivity contribution in [2.24, 2.45) is 0 Å². The average molecular weight is 290 g/mol. The van der Waals surface area contributed by atoms with Crippen molar-refractivity contribution >= 4 is 11.6 Å². The van der Waals surface area contributed by atoms with E-state index in [1.807, 2.05) is 30.3 Å². The van der Waals surface area contributed by atoms with Gasteiger partial charge in [0, 0.05) is 10.6 Å². The summed E-state index contributed by atoms with van der Waals surface area (Å²) in [4.78, 5) is 0. The van der Waals surface area contributed by atoms with Gasteiger partial charge in [-0.15, -0.1) is 0 Å². The van der Waals surface area contributed by atoms with Gasteiger partial charge in [0.1, 0.15) is 5.75 Å². The van der Waals surface area contributed by atoms with Crippen molar-refractivity contribution in [3.8, 4) is 5.75 Å². The lowest BCUT2D eigenvalue weighted by Gasteiger charge is -2.23. The third kappa shape index (κ3) is 2.97. The lowest BCUT2D eigenvalue weighted by Crippen LogP contribution is -2.23. The van der Waals surface area contributed by atoms with Crippen molar-refractivity contribution in [2.75, 3.05) is 13.7 Å². The quantitative estimate of drug-likeness (QED) is 0.883. The molecule has 2 aromatic carbocycles. The van der Waals surface area contributed by atoms with Crippen LogP contribution in [0.3, 0.4) is 0 Å². The Morgan fingerprint density at radius 1 is 1.10 bits per heavy atom. The molecular weight excluding hydrogens is 270 g/mol. The molecule has 1 unspecified atom stereocenters. The van der Waals surface area contributed by atoms with Crippen LogP contribution in [0, 0.1) is 6.92 Å². The van der Waals surface area contributed by atoms with Crippen LogP contribution in [0.25, 0.3) is 0 Å². The molecule has 0 saturated carbocycles. The van der Waals surface area contributed by atoms with E-state index in [2.05, 4.69) is 31.3 Å². The number of halogens is 1. The Morgan fingerprint density at radius 3 is 2.50 bits per heavy atom. The molecule has 0 aliphatic rings. The maximum Gasteiger partial charge on any atom is 0.123 e. The molecule has 0 bridgehead atoms. The van der Waals surface area contributed by atoms with E-state index in [0.717, 1.165) is 28.4 Å². The van der Waals surface area contributed by atoms with E-state index in [9.17, 15) is 0 Å². The van der Waals surface area contributed by atoms with E-state index in [4.69, 9.17) is 16.3 Å². The van der Waals surface area contributed by atoms with Crippen LogP contribution in [-0.2, 0) is 0 Å². The Hall–Kier alpha value is -1.51. The second-order valence-electron chi connectivity index (χ2n) is 4.69. The molecule has 0 heterocycles. The van der Waals surface area contributed by atoms with E-state index in [1.165, 1.54) is 5.56 Å². The molecule has 2 aromatic rings. The minimum Gasteiger partial charge on any atom is -0.496 e. The summed E-state index contributed by atoms with van der Waals surface area (Å²) in [5.41, 5.74) is 3.41. The molecule has 0 fully saturated rings. The van der Waals surface area contributed by atoms with Gasteiger partial charge < -0.3 is 10.1 Å². The summed E-state index contributed by atoms with van der Waals surface area (Å²) in [7, 11) is 1.70. The normalized spacial score (nSPS) is 12.2. The molecule has 0 aliphatic heterocycles. The minimum atomic E-state index is 0.0786. The Morgan fingerprint density at radius 2 is 1.80 bits per heavy atom. The zero-order valence-electron chi connectivity index (χ0n) is 12.1. The fourth-order valence-electron chi connectivity index (χ4n) is 2.43. The first-order chi connectivity index (χ1) is 9.69. The van der Waals surface area contributed by atoms with Crippen LogP contribution in [0.5, 0.6) is 5.75 Å². The summed E-state index contributed by atoms with van der Waals surface area (Å²) >= 11 is 6.26. The van der Waals surface area contributed by atoms with Gasteiger partial charge in [0.05, 0.1) is 13.2 Å². The third-order valence-electron chi connectivity index (χ3n) is 3.48. The highest BCUT2D eigenvalue weighted by atomic mass is 35.5. The predicted octanol–water partition coefficient (Wildman–Crippen LogP) is 4.36. The van der Waals surface area contributed by atoms with E-state index in [0.29, 0.717) is 0 Å². The highest BCUT2D eigenvalue weighted by molar-refractivity contribution is 6.31. The largest absolute Gasteiger partial charge is 0.496 e. The van der Waals surface area contributed by atoms with Gasteiger partial charge in [-0.2, -0.15) is 0 Å². The fraction of sp³-hybridized carbons (Fsp3) is 0.294. The standard InChI is InChI=1S/C17H20ClNO/c1-4-19-17(13-9-7-10-15(18)12(13)2)14-8-5-6-11-16(14)20-3/h5-11,17,19H,4H2,1-3H3. The highest BCUT2D eigenvalue weighted by Crippen LogP contribution is 2.33. The van der Waals surface area contributed by atoms with Crippen molar-refractivity contribution in [3.05, 3.63) is 64.2 Å². The first-order valence-electron chi connectivity index (χ1n) is 6.80. The smallest absolute Gasteiger partial charge is 0.123 e. The van der Waals surface area contributed by atoms with E-state index < -0.39 is 0 Å². The molecule has 2 rings (SSSR count). The van der Waals surface area contributed by atoms with Gasteiger partial charge in [-0.1, -0.05) is 48.9 Å². The summed E-state index contributed by atoms with van der Waals surface area (Å²) in [6.45, 7) is 5.02. The van der Waals surface area contributed by atoms with Crippen molar-refractivity contribution in [1.82, 2.24) is 5.32 Å². The summed E-state index contributed by atoms with van der Waals surface area (Å²) in [6, 6.07) is 14.2. The second kappa shape index (κ2) is 6.78. The number of methoxy groups -OCH3 is 1. The molecule has 3 heteroatoms. The SMILES string of the molecule is CCNC(c1ccccc1OC)c1cccc(Cl)c1C. The lowest BCUT2D eigenvalue weighted by atomic mass is 9.94. The highest BCUT2D eigenvalue weighted by Gasteiger charge is 2.19. The number of hydrogen-bond acceptors (Lipinski definition) is 2. The van der Waals surface area contributed by atoms with Gasteiger partial charge in [-0.25, -0.2) is 0 Å². The third-order valence-corrected chi connectivity index (χ3v) is 3.89. The Labute approximate surface area is 125 Å². The molecule has 1 atom stereocenters. The van der Waals surface area contributed by atoms with Gasteiger partial charge in [-0.05, 0) is 36.7 Å². The van der Waals surface area contributed by atoms with E-state index >= 15 is 0 Å². The number of ether oxygens (including phenoxy) is 1. The summed E-state index contributed by atoms with van der Waals surface area (Å²) < 4.78 is 5.49. The van der Waals surface area contributed by atoms with Crippen molar-refractivity contribution in [1.29, 1.82) is 0 Å². The fourth-order valence-corrected chi connectivity index (χ4v) is 2.62. The van der Waals surface area contributed by atoms with Crippen LogP contribution < -0.4 is 10.1 Å². The van der Waals surface area contributed by atoms with Crippen molar-refractivity contribution in [2.45, 2.75) is 19.9 Å². The lowest BCUT2D eigenvalue weighted by molar-refractivity contribution is 0.404. The van der Waals surface area contributed by atoms with Crippen LogP contribution >= 0.6 is 11.6 Å². The van der Waals surface area contributed by atoms with Crippen molar-refractivity contribution in [3.63, 3.8) is 0 Å². The molecule has 0 amide bonds. The number of nitrogens with one attached hydrogen (secondary N) is 1. The number of hydrogen-bond donors (Lipinski definition) is 1.